The number of rotatable bonds is 6. The summed E-state index contributed by atoms with van der Waals surface area (Å²) in [6.45, 7) is 0.986. The van der Waals surface area contributed by atoms with Gasteiger partial charge in [-0.2, -0.15) is 0 Å². The first-order valence-electron chi connectivity index (χ1n) is 4.88. The van der Waals surface area contributed by atoms with Crippen molar-refractivity contribution in [3.05, 3.63) is 29.6 Å². The molecule has 0 saturated heterocycles. The lowest BCUT2D eigenvalue weighted by molar-refractivity contribution is 0.200. The zero-order chi connectivity index (χ0) is 11.1. The van der Waals surface area contributed by atoms with E-state index in [-0.39, 0.29) is 12.4 Å². The third-order valence-electron chi connectivity index (χ3n) is 2.03. The Hall–Kier alpha value is -0.580. The number of methoxy groups -OCH3 is 1. The van der Waals surface area contributed by atoms with Crippen LogP contribution in [0.5, 0.6) is 0 Å². The van der Waals surface area contributed by atoms with Crippen LogP contribution in [0.2, 0.25) is 0 Å². The molecule has 0 saturated carbocycles. The Labute approximate surface area is 94.0 Å². The molecule has 0 aliphatic carbocycles. The minimum absolute atomic E-state index is 0.214. The molecule has 2 N–H and O–H groups in total. The molecule has 1 rings (SSSR count). The largest absolute Gasteiger partial charge is 0.385 e. The number of hydrogen-bond donors (Lipinski definition) is 1. The molecule has 2 nitrogen and oxygen atoms in total. The van der Waals surface area contributed by atoms with E-state index < -0.39 is 0 Å². The first kappa shape index (κ1) is 12.5. The van der Waals surface area contributed by atoms with Gasteiger partial charge in [0.1, 0.15) is 5.82 Å². The molecule has 0 amide bonds. The predicted molar refractivity (Wildman–Crippen MR) is 61.5 cm³/mol. The Morgan fingerprint density at radius 1 is 1.47 bits per heavy atom. The quantitative estimate of drug-likeness (QED) is 0.601. The molecule has 15 heavy (non-hydrogen) atoms. The second-order valence-electron chi connectivity index (χ2n) is 3.12. The van der Waals surface area contributed by atoms with Gasteiger partial charge in [0, 0.05) is 36.5 Å². The van der Waals surface area contributed by atoms with Gasteiger partial charge in [0.05, 0.1) is 0 Å². The Balaban J connectivity index is 2.56. The van der Waals surface area contributed by atoms with Gasteiger partial charge in [0.15, 0.2) is 0 Å². The number of benzene rings is 1. The summed E-state index contributed by atoms with van der Waals surface area (Å²) < 4.78 is 18.3. The molecule has 1 aromatic rings. The maximum Gasteiger partial charge on any atom is 0.128 e. The molecule has 0 aromatic heterocycles. The number of nitrogens with two attached hydrogens (primary N) is 1. The molecule has 0 aliphatic heterocycles. The third-order valence-corrected chi connectivity index (χ3v) is 3.22. The molecular formula is C11H16FNOS. The fourth-order valence-electron chi connectivity index (χ4n) is 1.26. The minimum atomic E-state index is -0.214. The van der Waals surface area contributed by atoms with Crippen LogP contribution in [0.3, 0.4) is 0 Å². The van der Waals surface area contributed by atoms with Gasteiger partial charge >= 0.3 is 0 Å². The van der Waals surface area contributed by atoms with Crippen LogP contribution >= 0.6 is 11.8 Å². The van der Waals surface area contributed by atoms with E-state index in [2.05, 4.69) is 0 Å². The Morgan fingerprint density at radius 2 is 2.27 bits per heavy atom. The minimum Gasteiger partial charge on any atom is -0.385 e. The highest BCUT2D eigenvalue weighted by Gasteiger charge is 2.06. The highest BCUT2D eigenvalue weighted by molar-refractivity contribution is 7.99. The van der Waals surface area contributed by atoms with E-state index in [9.17, 15) is 4.39 Å². The molecule has 0 spiro atoms. The van der Waals surface area contributed by atoms with Crippen LogP contribution in [0.25, 0.3) is 0 Å². The summed E-state index contributed by atoms with van der Waals surface area (Å²) in [4.78, 5) is 0.939. The normalized spacial score (nSPS) is 10.6. The summed E-state index contributed by atoms with van der Waals surface area (Å²) >= 11 is 1.63. The van der Waals surface area contributed by atoms with Gasteiger partial charge in [-0.1, -0.05) is 6.07 Å². The van der Waals surface area contributed by atoms with E-state index in [1.54, 1.807) is 24.9 Å². The number of ether oxygens (including phenoxy) is 1. The highest BCUT2D eigenvalue weighted by Crippen LogP contribution is 2.24. The van der Waals surface area contributed by atoms with E-state index in [1.807, 2.05) is 6.07 Å². The van der Waals surface area contributed by atoms with Crippen LogP contribution in [0.15, 0.2) is 23.1 Å². The van der Waals surface area contributed by atoms with E-state index in [4.69, 9.17) is 10.5 Å². The highest BCUT2D eigenvalue weighted by atomic mass is 32.2. The first-order valence-corrected chi connectivity index (χ1v) is 5.87. The third kappa shape index (κ3) is 3.81. The van der Waals surface area contributed by atoms with Gasteiger partial charge in [0.2, 0.25) is 0 Å². The summed E-state index contributed by atoms with van der Waals surface area (Å²) in [5, 5.41) is 0. The topological polar surface area (TPSA) is 35.2 Å². The Bertz CT molecular complexity index is 307. The van der Waals surface area contributed by atoms with Crippen LogP contribution in [0, 0.1) is 5.82 Å². The second kappa shape index (κ2) is 6.82. The Morgan fingerprint density at radius 3 is 2.93 bits per heavy atom. The molecule has 0 radical (unpaired) electrons. The molecule has 0 unspecified atom stereocenters. The monoisotopic (exact) mass is 229 g/mol. The number of thioether (sulfide) groups is 1. The molecule has 4 heteroatoms. The summed E-state index contributed by atoms with van der Waals surface area (Å²) in [6.07, 6.45) is 0.960. The maximum atomic E-state index is 13.3. The van der Waals surface area contributed by atoms with Crippen LogP contribution in [-0.4, -0.2) is 19.5 Å². The standard InChI is InChI=1S/C11H16FNOS/c1-14-6-3-7-15-11-5-2-4-10(12)9(11)8-13/h2,4-5H,3,6-8,13H2,1H3. The van der Waals surface area contributed by atoms with Crippen molar-refractivity contribution < 1.29 is 9.13 Å². The fraction of sp³-hybridized carbons (Fsp3) is 0.455. The van der Waals surface area contributed by atoms with Gasteiger partial charge in [-0.15, -0.1) is 11.8 Å². The van der Waals surface area contributed by atoms with Gasteiger partial charge in [-0.25, -0.2) is 4.39 Å². The van der Waals surface area contributed by atoms with E-state index in [0.717, 1.165) is 23.7 Å². The lowest BCUT2D eigenvalue weighted by Gasteiger charge is -2.07. The molecule has 1 aromatic carbocycles. The van der Waals surface area contributed by atoms with Crippen molar-refractivity contribution in [3.8, 4) is 0 Å². The van der Waals surface area contributed by atoms with Crippen LogP contribution in [0.1, 0.15) is 12.0 Å². The first-order chi connectivity index (χ1) is 7.29. The zero-order valence-corrected chi connectivity index (χ0v) is 9.65. The van der Waals surface area contributed by atoms with E-state index >= 15 is 0 Å². The summed E-state index contributed by atoms with van der Waals surface area (Å²) in [5.41, 5.74) is 6.11. The SMILES string of the molecule is COCCCSc1cccc(F)c1CN. The Kier molecular flexibility index (Phi) is 5.68. The van der Waals surface area contributed by atoms with Crippen molar-refractivity contribution in [1.82, 2.24) is 0 Å². The van der Waals surface area contributed by atoms with Crippen molar-refractivity contribution in [2.75, 3.05) is 19.5 Å². The van der Waals surface area contributed by atoms with Crippen molar-refractivity contribution >= 4 is 11.8 Å². The van der Waals surface area contributed by atoms with Crippen molar-refractivity contribution in [3.63, 3.8) is 0 Å². The predicted octanol–water partition coefficient (Wildman–Crippen LogP) is 2.41. The summed E-state index contributed by atoms with van der Waals surface area (Å²) in [6, 6.07) is 5.07. The van der Waals surface area contributed by atoms with Crippen molar-refractivity contribution in [2.45, 2.75) is 17.9 Å². The maximum absolute atomic E-state index is 13.3. The number of halogens is 1. The average Bonchev–Trinajstić information content (AvgIpc) is 2.24. The van der Waals surface area contributed by atoms with Gasteiger partial charge in [-0.3, -0.25) is 0 Å². The lowest BCUT2D eigenvalue weighted by atomic mass is 10.2. The second-order valence-corrected chi connectivity index (χ2v) is 4.25. The van der Waals surface area contributed by atoms with Gasteiger partial charge in [0.25, 0.3) is 0 Å². The van der Waals surface area contributed by atoms with Gasteiger partial charge in [-0.05, 0) is 18.6 Å². The molecule has 84 valence electrons. The molecule has 0 fully saturated rings. The van der Waals surface area contributed by atoms with E-state index in [1.165, 1.54) is 6.07 Å². The average molecular weight is 229 g/mol. The molecule has 0 atom stereocenters. The van der Waals surface area contributed by atoms with Gasteiger partial charge < -0.3 is 10.5 Å². The van der Waals surface area contributed by atoms with Crippen LogP contribution < -0.4 is 5.73 Å². The molecular weight excluding hydrogens is 213 g/mol. The number of hydrogen-bond acceptors (Lipinski definition) is 3. The molecule has 0 bridgehead atoms. The van der Waals surface area contributed by atoms with Crippen LogP contribution in [0.4, 0.5) is 4.39 Å². The lowest BCUT2D eigenvalue weighted by Crippen LogP contribution is -2.02. The van der Waals surface area contributed by atoms with Crippen molar-refractivity contribution in [1.29, 1.82) is 0 Å². The molecule has 0 heterocycles. The summed E-state index contributed by atoms with van der Waals surface area (Å²) in [5.74, 6) is 0.707. The van der Waals surface area contributed by atoms with E-state index in [0.29, 0.717) is 5.56 Å². The molecule has 0 aliphatic rings. The smallest absolute Gasteiger partial charge is 0.128 e. The zero-order valence-electron chi connectivity index (χ0n) is 8.83. The van der Waals surface area contributed by atoms with Crippen LogP contribution in [-0.2, 0) is 11.3 Å². The summed E-state index contributed by atoms with van der Waals surface area (Å²) in [7, 11) is 1.68. The fourth-order valence-corrected chi connectivity index (χ4v) is 2.27. The van der Waals surface area contributed by atoms with Crippen molar-refractivity contribution in [2.24, 2.45) is 5.73 Å².